The molecule has 0 aromatic carbocycles. The minimum absolute atomic E-state index is 0.107. The van der Waals surface area contributed by atoms with Crippen LogP contribution in [0.5, 0.6) is 0 Å². The van der Waals surface area contributed by atoms with Crippen molar-refractivity contribution in [3.8, 4) is 10.8 Å². The number of hydrogen-bond acceptors (Lipinski definition) is 5. The molecule has 0 saturated heterocycles. The van der Waals surface area contributed by atoms with Crippen molar-refractivity contribution < 1.29 is 4.42 Å². The van der Waals surface area contributed by atoms with E-state index in [0.717, 1.165) is 4.88 Å². The number of thiophene rings is 1. The Kier molecular flexibility index (Phi) is 1.58. The van der Waals surface area contributed by atoms with Crippen molar-refractivity contribution in [1.82, 2.24) is 10.2 Å². The SMILES string of the molecule is Cc1csc(-c2nnc(N)o2)c1. The molecule has 2 N–H and O–H groups in total. The number of aryl methyl sites for hydroxylation is 1. The van der Waals surface area contributed by atoms with Crippen LogP contribution in [-0.4, -0.2) is 10.2 Å². The number of hydrogen-bond donors (Lipinski definition) is 1. The fourth-order valence-electron chi connectivity index (χ4n) is 0.878. The molecule has 2 heterocycles. The molecule has 0 saturated carbocycles. The molecular formula is C7H7N3OS. The summed E-state index contributed by atoms with van der Waals surface area (Å²) >= 11 is 1.56. The fourth-order valence-corrected chi connectivity index (χ4v) is 1.70. The summed E-state index contributed by atoms with van der Waals surface area (Å²) in [6.45, 7) is 2.01. The monoisotopic (exact) mass is 181 g/mol. The van der Waals surface area contributed by atoms with E-state index in [0.29, 0.717) is 5.89 Å². The van der Waals surface area contributed by atoms with Gasteiger partial charge in [-0.1, -0.05) is 5.10 Å². The van der Waals surface area contributed by atoms with Crippen LogP contribution in [0.15, 0.2) is 15.9 Å². The van der Waals surface area contributed by atoms with Crippen LogP contribution < -0.4 is 5.73 Å². The van der Waals surface area contributed by atoms with E-state index in [2.05, 4.69) is 10.2 Å². The maximum atomic E-state index is 5.29. The van der Waals surface area contributed by atoms with Gasteiger partial charge in [-0.25, -0.2) is 0 Å². The fraction of sp³-hybridized carbons (Fsp3) is 0.143. The van der Waals surface area contributed by atoms with Gasteiger partial charge in [0.1, 0.15) is 0 Å². The Labute approximate surface area is 73.0 Å². The zero-order valence-corrected chi connectivity index (χ0v) is 7.26. The highest BCUT2D eigenvalue weighted by atomic mass is 32.1. The molecule has 0 radical (unpaired) electrons. The second kappa shape index (κ2) is 2.60. The molecule has 4 nitrogen and oxygen atoms in total. The molecule has 0 unspecified atom stereocenters. The smallest absolute Gasteiger partial charge is 0.313 e. The first-order chi connectivity index (χ1) is 5.75. The summed E-state index contributed by atoms with van der Waals surface area (Å²) in [4.78, 5) is 0.955. The van der Waals surface area contributed by atoms with Crippen LogP contribution in [0.1, 0.15) is 5.56 Å². The zero-order valence-electron chi connectivity index (χ0n) is 6.44. The van der Waals surface area contributed by atoms with Crippen molar-refractivity contribution in [2.45, 2.75) is 6.92 Å². The van der Waals surface area contributed by atoms with Gasteiger partial charge in [0.25, 0.3) is 5.89 Å². The third-order valence-electron chi connectivity index (χ3n) is 1.38. The molecule has 0 fully saturated rings. The van der Waals surface area contributed by atoms with Crippen LogP contribution in [-0.2, 0) is 0 Å². The van der Waals surface area contributed by atoms with E-state index in [4.69, 9.17) is 10.2 Å². The van der Waals surface area contributed by atoms with Gasteiger partial charge in [-0.3, -0.25) is 0 Å². The summed E-state index contributed by atoms with van der Waals surface area (Å²) in [6, 6.07) is 2.09. The van der Waals surface area contributed by atoms with Crippen LogP contribution in [0.4, 0.5) is 6.01 Å². The molecule has 5 heteroatoms. The van der Waals surface area contributed by atoms with Gasteiger partial charge in [-0.05, 0) is 23.9 Å². The molecule has 2 aromatic heterocycles. The Bertz CT molecular complexity index is 355. The Balaban J connectivity index is 2.43. The third-order valence-corrected chi connectivity index (χ3v) is 2.42. The summed E-state index contributed by atoms with van der Waals surface area (Å²) in [5.74, 6) is 0.491. The first kappa shape index (κ1) is 7.30. The van der Waals surface area contributed by atoms with Crippen molar-refractivity contribution in [1.29, 1.82) is 0 Å². The van der Waals surface area contributed by atoms with Crippen molar-refractivity contribution in [2.75, 3.05) is 5.73 Å². The molecule has 62 valence electrons. The number of nitrogens with two attached hydrogens (primary N) is 1. The highest BCUT2D eigenvalue weighted by Crippen LogP contribution is 2.25. The number of anilines is 1. The molecule has 2 aromatic rings. The van der Waals surface area contributed by atoms with E-state index in [9.17, 15) is 0 Å². The topological polar surface area (TPSA) is 64.9 Å². The normalized spacial score (nSPS) is 10.4. The summed E-state index contributed by atoms with van der Waals surface area (Å²) < 4.78 is 5.05. The lowest BCUT2D eigenvalue weighted by atomic mass is 10.3. The minimum atomic E-state index is 0.107. The van der Waals surface area contributed by atoms with E-state index in [-0.39, 0.29) is 6.01 Å². The maximum absolute atomic E-state index is 5.29. The largest absolute Gasteiger partial charge is 0.403 e. The van der Waals surface area contributed by atoms with E-state index < -0.39 is 0 Å². The molecule has 0 bridgehead atoms. The van der Waals surface area contributed by atoms with Crippen molar-refractivity contribution in [3.05, 3.63) is 17.0 Å². The highest BCUT2D eigenvalue weighted by Gasteiger charge is 2.07. The maximum Gasteiger partial charge on any atom is 0.313 e. The van der Waals surface area contributed by atoms with E-state index in [1.165, 1.54) is 5.56 Å². The van der Waals surface area contributed by atoms with E-state index in [1.807, 2.05) is 18.4 Å². The molecule has 12 heavy (non-hydrogen) atoms. The number of rotatable bonds is 1. The molecule has 0 atom stereocenters. The average Bonchev–Trinajstić information content (AvgIpc) is 2.58. The lowest BCUT2D eigenvalue weighted by molar-refractivity contribution is 0.592. The highest BCUT2D eigenvalue weighted by molar-refractivity contribution is 7.13. The molecule has 0 spiro atoms. The van der Waals surface area contributed by atoms with Gasteiger partial charge in [0.2, 0.25) is 0 Å². The number of nitrogen functional groups attached to an aromatic ring is 1. The number of nitrogens with zero attached hydrogens (tertiary/aromatic N) is 2. The van der Waals surface area contributed by atoms with Crippen LogP contribution in [0.25, 0.3) is 10.8 Å². The summed E-state index contributed by atoms with van der Waals surface area (Å²) in [5, 5.41) is 9.36. The average molecular weight is 181 g/mol. The minimum Gasteiger partial charge on any atom is -0.403 e. The third kappa shape index (κ3) is 1.18. The zero-order chi connectivity index (χ0) is 8.55. The van der Waals surface area contributed by atoms with Gasteiger partial charge in [-0.2, -0.15) is 0 Å². The first-order valence-electron chi connectivity index (χ1n) is 3.40. The lowest BCUT2D eigenvalue weighted by Crippen LogP contribution is -1.81. The number of aromatic nitrogens is 2. The summed E-state index contributed by atoms with van der Waals surface area (Å²) in [5.41, 5.74) is 6.47. The van der Waals surface area contributed by atoms with Gasteiger partial charge in [0, 0.05) is 0 Å². The van der Waals surface area contributed by atoms with Crippen LogP contribution in [0.3, 0.4) is 0 Å². The van der Waals surface area contributed by atoms with E-state index >= 15 is 0 Å². The van der Waals surface area contributed by atoms with Gasteiger partial charge in [-0.15, -0.1) is 16.4 Å². The van der Waals surface area contributed by atoms with Crippen molar-refractivity contribution >= 4 is 17.4 Å². The van der Waals surface area contributed by atoms with Crippen molar-refractivity contribution in [2.24, 2.45) is 0 Å². The second-order valence-corrected chi connectivity index (χ2v) is 3.34. The standard InChI is InChI=1S/C7H7N3OS/c1-4-2-5(12-3-4)6-9-10-7(8)11-6/h2-3H,1H3,(H2,8,10). The van der Waals surface area contributed by atoms with Crippen molar-refractivity contribution in [3.63, 3.8) is 0 Å². The van der Waals surface area contributed by atoms with Gasteiger partial charge in [0.05, 0.1) is 4.88 Å². The quantitative estimate of drug-likeness (QED) is 0.727. The molecule has 0 aliphatic heterocycles. The predicted octanol–water partition coefficient (Wildman–Crippen LogP) is 1.69. The Morgan fingerprint density at radius 1 is 1.50 bits per heavy atom. The van der Waals surface area contributed by atoms with Gasteiger partial charge < -0.3 is 10.2 Å². The summed E-state index contributed by atoms with van der Waals surface area (Å²) in [7, 11) is 0. The Morgan fingerprint density at radius 2 is 2.33 bits per heavy atom. The Morgan fingerprint density at radius 3 is 2.83 bits per heavy atom. The van der Waals surface area contributed by atoms with Crippen LogP contribution in [0.2, 0.25) is 0 Å². The van der Waals surface area contributed by atoms with Crippen LogP contribution in [0, 0.1) is 6.92 Å². The molecule has 0 aliphatic carbocycles. The molecule has 0 amide bonds. The molecular weight excluding hydrogens is 174 g/mol. The van der Waals surface area contributed by atoms with E-state index in [1.54, 1.807) is 11.3 Å². The first-order valence-corrected chi connectivity index (χ1v) is 4.28. The second-order valence-electron chi connectivity index (χ2n) is 2.43. The Hall–Kier alpha value is -1.36. The lowest BCUT2D eigenvalue weighted by Gasteiger charge is -1.83. The predicted molar refractivity (Wildman–Crippen MR) is 46.8 cm³/mol. The molecule has 2 rings (SSSR count). The molecule has 0 aliphatic rings. The van der Waals surface area contributed by atoms with Gasteiger partial charge in [0.15, 0.2) is 0 Å². The summed E-state index contributed by atoms with van der Waals surface area (Å²) in [6.07, 6.45) is 0. The van der Waals surface area contributed by atoms with Gasteiger partial charge >= 0.3 is 6.01 Å². The van der Waals surface area contributed by atoms with Crippen LogP contribution >= 0.6 is 11.3 Å².